The molecule has 1 nitrogen and oxygen atoms in total. The standard InChI is InChI=1S/C13H9BrClFO/c14-8-9-5-6-13(11(16)7-9)17-12-4-2-1-3-10(12)15/h1-7H,8H2. The van der Waals surface area contributed by atoms with Crippen LogP contribution in [0.4, 0.5) is 4.39 Å². The van der Waals surface area contributed by atoms with E-state index in [0.717, 1.165) is 5.56 Å². The van der Waals surface area contributed by atoms with Gasteiger partial charge in [-0.2, -0.15) is 0 Å². The highest BCUT2D eigenvalue weighted by atomic mass is 79.9. The average molecular weight is 316 g/mol. The Bertz CT molecular complexity index is 531. The van der Waals surface area contributed by atoms with Gasteiger partial charge in [0.2, 0.25) is 0 Å². The van der Waals surface area contributed by atoms with Gasteiger partial charge in [-0.15, -0.1) is 0 Å². The number of rotatable bonds is 3. The summed E-state index contributed by atoms with van der Waals surface area (Å²) in [6.07, 6.45) is 0. The van der Waals surface area contributed by atoms with E-state index < -0.39 is 5.82 Å². The van der Waals surface area contributed by atoms with Crippen molar-refractivity contribution >= 4 is 27.5 Å². The van der Waals surface area contributed by atoms with Gasteiger partial charge >= 0.3 is 0 Å². The molecule has 17 heavy (non-hydrogen) atoms. The zero-order valence-corrected chi connectivity index (χ0v) is 11.1. The number of alkyl halides is 1. The van der Waals surface area contributed by atoms with Crippen LogP contribution in [0.25, 0.3) is 0 Å². The van der Waals surface area contributed by atoms with E-state index in [0.29, 0.717) is 16.1 Å². The smallest absolute Gasteiger partial charge is 0.166 e. The second-order valence-electron chi connectivity index (χ2n) is 3.43. The molecule has 0 bridgehead atoms. The third-order valence-corrected chi connectivity index (χ3v) is 3.17. The van der Waals surface area contributed by atoms with Crippen LogP contribution in [0, 0.1) is 5.82 Å². The van der Waals surface area contributed by atoms with E-state index in [1.165, 1.54) is 6.07 Å². The van der Waals surface area contributed by atoms with Gasteiger partial charge in [0, 0.05) is 5.33 Å². The molecule has 0 aliphatic heterocycles. The van der Waals surface area contributed by atoms with Crippen LogP contribution in [0.3, 0.4) is 0 Å². The molecule has 2 aromatic rings. The lowest BCUT2D eigenvalue weighted by molar-refractivity contribution is 0.442. The summed E-state index contributed by atoms with van der Waals surface area (Å²) in [5.41, 5.74) is 0.856. The molecule has 0 aliphatic rings. The van der Waals surface area contributed by atoms with Crippen molar-refractivity contribution < 1.29 is 9.13 Å². The van der Waals surface area contributed by atoms with Gasteiger partial charge in [-0.05, 0) is 29.8 Å². The summed E-state index contributed by atoms with van der Waals surface area (Å²) in [7, 11) is 0. The Balaban J connectivity index is 2.28. The van der Waals surface area contributed by atoms with Crippen LogP contribution in [0.5, 0.6) is 11.5 Å². The van der Waals surface area contributed by atoms with Crippen molar-refractivity contribution in [3.63, 3.8) is 0 Å². The second-order valence-corrected chi connectivity index (χ2v) is 4.40. The predicted molar refractivity (Wildman–Crippen MR) is 70.6 cm³/mol. The molecule has 0 amide bonds. The Labute approximate surface area is 112 Å². The Morgan fingerprint density at radius 1 is 1.12 bits per heavy atom. The molecule has 0 radical (unpaired) electrons. The Hall–Kier alpha value is -1.06. The lowest BCUT2D eigenvalue weighted by atomic mass is 10.2. The van der Waals surface area contributed by atoms with Crippen molar-refractivity contribution in [2.45, 2.75) is 5.33 Å². The number of hydrogen-bond donors (Lipinski definition) is 0. The summed E-state index contributed by atoms with van der Waals surface area (Å²) in [6, 6.07) is 11.8. The molecule has 4 heteroatoms. The number of benzene rings is 2. The predicted octanol–water partition coefficient (Wildman–Crippen LogP) is 5.17. The van der Waals surface area contributed by atoms with E-state index >= 15 is 0 Å². The minimum Gasteiger partial charge on any atom is -0.453 e. The number of halogens is 3. The monoisotopic (exact) mass is 314 g/mol. The largest absolute Gasteiger partial charge is 0.453 e. The first-order chi connectivity index (χ1) is 8.20. The summed E-state index contributed by atoms with van der Waals surface area (Å²) in [6.45, 7) is 0. The molecule has 0 fully saturated rings. The third kappa shape index (κ3) is 2.99. The Kier molecular flexibility index (Phi) is 4.02. The molecule has 2 rings (SSSR count). The maximum absolute atomic E-state index is 13.7. The zero-order valence-electron chi connectivity index (χ0n) is 8.79. The third-order valence-electron chi connectivity index (χ3n) is 2.21. The molecular weight excluding hydrogens is 306 g/mol. The van der Waals surface area contributed by atoms with Gasteiger partial charge in [0.05, 0.1) is 5.02 Å². The SMILES string of the molecule is Fc1cc(CBr)ccc1Oc1ccccc1Cl. The highest BCUT2D eigenvalue weighted by Gasteiger charge is 2.07. The van der Waals surface area contributed by atoms with Crippen LogP contribution >= 0.6 is 27.5 Å². The van der Waals surface area contributed by atoms with Crippen molar-refractivity contribution in [1.29, 1.82) is 0 Å². The van der Waals surface area contributed by atoms with Crippen molar-refractivity contribution in [2.75, 3.05) is 0 Å². The highest BCUT2D eigenvalue weighted by molar-refractivity contribution is 9.08. The highest BCUT2D eigenvalue weighted by Crippen LogP contribution is 2.30. The maximum atomic E-state index is 13.7. The second kappa shape index (κ2) is 5.52. The van der Waals surface area contributed by atoms with Gasteiger partial charge in [-0.1, -0.05) is 45.7 Å². The van der Waals surface area contributed by atoms with Crippen LogP contribution in [-0.2, 0) is 5.33 Å². The van der Waals surface area contributed by atoms with Crippen molar-refractivity contribution in [2.24, 2.45) is 0 Å². The first kappa shape index (κ1) is 12.4. The van der Waals surface area contributed by atoms with E-state index in [4.69, 9.17) is 16.3 Å². The fourth-order valence-electron chi connectivity index (χ4n) is 1.36. The van der Waals surface area contributed by atoms with E-state index in [2.05, 4.69) is 15.9 Å². The minimum absolute atomic E-state index is 0.169. The van der Waals surface area contributed by atoms with Gasteiger partial charge in [0.15, 0.2) is 11.6 Å². The number of ether oxygens (including phenoxy) is 1. The summed E-state index contributed by atoms with van der Waals surface area (Å²) in [4.78, 5) is 0. The molecule has 0 spiro atoms. The summed E-state index contributed by atoms with van der Waals surface area (Å²) < 4.78 is 19.1. The van der Waals surface area contributed by atoms with Gasteiger partial charge in [-0.25, -0.2) is 4.39 Å². The summed E-state index contributed by atoms with van der Waals surface area (Å²) in [5, 5.41) is 1.06. The number of hydrogen-bond acceptors (Lipinski definition) is 1. The minimum atomic E-state index is -0.401. The van der Waals surface area contributed by atoms with Crippen molar-refractivity contribution in [3.05, 3.63) is 58.9 Å². The molecule has 0 unspecified atom stereocenters. The molecule has 0 N–H and O–H groups in total. The molecule has 0 saturated heterocycles. The lowest BCUT2D eigenvalue weighted by Crippen LogP contribution is -1.90. The van der Waals surface area contributed by atoms with Crippen LogP contribution in [-0.4, -0.2) is 0 Å². The molecule has 0 heterocycles. The van der Waals surface area contributed by atoms with Crippen LogP contribution in [0.2, 0.25) is 5.02 Å². The Morgan fingerprint density at radius 2 is 1.88 bits per heavy atom. The van der Waals surface area contributed by atoms with E-state index in [-0.39, 0.29) is 5.75 Å². The normalized spacial score (nSPS) is 10.3. The quantitative estimate of drug-likeness (QED) is 0.710. The van der Waals surface area contributed by atoms with E-state index in [9.17, 15) is 4.39 Å². The molecule has 88 valence electrons. The fraction of sp³-hybridized carbons (Fsp3) is 0.0769. The van der Waals surface area contributed by atoms with E-state index in [1.54, 1.807) is 36.4 Å². The Morgan fingerprint density at radius 3 is 2.53 bits per heavy atom. The van der Waals surface area contributed by atoms with Gasteiger partial charge in [-0.3, -0.25) is 0 Å². The van der Waals surface area contributed by atoms with Gasteiger partial charge < -0.3 is 4.74 Å². The molecule has 0 atom stereocenters. The molecule has 0 aliphatic carbocycles. The van der Waals surface area contributed by atoms with Crippen molar-refractivity contribution in [3.8, 4) is 11.5 Å². The first-order valence-corrected chi connectivity index (χ1v) is 6.47. The molecule has 2 aromatic carbocycles. The van der Waals surface area contributed by atoms with Gasteiger partial charge in [0.25, 0.3) is 0 Å². The van der Waals surface area contributed by atoms with Crippen LogP contribution < -0.4 is 4.74 Å². The first-order valence-electron chi connectivity index (χ1n) is 4.97. The number of para-hydroxylation sites is 1. The molecule has 0 saturated carbocycles. The van der Waals surface area contributed by atoms with Crippen molar-refractivity contribution in [1.82, 2.24) is 0 Å². The summed E-state index contributed by atoms with van der Waals surface area (Å²) >= 11 is 9.20. The molecular formula is C13H9BrClFO. The topological polar surface area (TPSA) is 9.23 Å². The fourth-order valence-corrected chi connectivity index (χ4v) is 1.88. The summed E-state index contributed by atoms with van der Waals surface area (Å²) in [5.74, 6) is 0.212. The molecule has 0 aromatic heterocycles. The van der Waals surface area contributed by atoms with Crippen LogP contribution in [0.1, 0.15) is 5.56 Å². The average Bonchev–Trinajstić information content (AvgIpc) is 2.34. The maximum Gasteiger partial charge on any atom is 0.166 e. The van der Waals surface area contributed by atoms with E-state index in [1.807, 2.05) is 0 Å². The van der Waals surface area contributed by atoms with Gasteiger partial charge in [0.1, 0.15) is 5.75 Å². The van der Waals surface area contributed by atoms with Crippen LogP contribution in [0.15, 0.2) is 42.5 Å². The zero-order chi connectivity index (χ0) is 12.3. The lowest BCUT2D eigenvalue weighted by Gasteiger charge is -2.08.